The van der Waals surface area contributed by atoms with Crippen molar-refractivity contribution in [3.8, 4) is 0 Å². The van der Waals surface area contributed by atoms with Crippen LogP contribution in [-0.2, 0) is 0 Å². The molecule has 2 aliphatic rings. The molecule has 0 radical (unpaired) electrons. The highest BCUT2D eigenvalue weighted by Gasteiger charge is 2.54. The van der Waals surface area contributed by atoms with E-state index in [0.717, 1.165) is 24.3 Å². The van der Waals surface area contributed by atoms with E-state index in [9.17, 15) is 0 Å². The summed E-state index contributed by atoms with van der Waals surface area (Å²) in [6.07, 6.45) is 5.68. The zero-order chi connectivity index (χ0) is 8.77. The van der Waals surface area contributed by atoms with E-state index < -0.39 is 0 Å². The molecule has 0 amide bonds. The topological polar surface area (TPSA) is 26.0 Å². The fourth-order valence-electron chi connectivity index (χ4n) is 3.14. The molecule has 0 aliphatic heterocycles. The van der Waals surface area contributed by atoms with Crippen molar-refractivity contribution in [3.05, 3.63) is 0 Å². The van der Waals surface area contributed by atoms with Crippen LogP contribution in [0.4, 0.5) is 0 Å². The van der Waals surface area contributed by atoms with E-state index in [4.69, 9.17) is 5.73 Å². The molecule has 1 heteroatoms. The molecule has 2 fully saturated rings. The standard InChI is InChI=1S/C11H21N/c1-3-8(2)11(7-12)5-9-4-10(9)6-11/h8-10H,3-7,12H2,1-2H3. The molecule has 0 aromatic carbocycles. The van der Waals surface area contributed by atoms with Gasteiger partial charge in [-0.3, -0.25) is 0 Å². The Bertz CT molecular complexity index is 166. The Morgan fingerprint density at radius 1 is 1.42 bits per heavy atom. The fraction of sp³-hybridized carbons (Fsp3) is 1.00. The minimum absolute atomic E-state index is 0.544. The first-order valence-corrected chi connectivity index (χ1v) is 5.42. The second-order valence-electron chi connectivity index (χ2n) is 5.04. The maximum absolute atomic E-state index is 5.93. The van der Waals surface area contributed by atoms with E-state index >= 15 is 0 Å². The summed E-state index contributed by atoms with van der Waals surface area (Å²) in [7, 11) is 0. The molecule has 70 valence electrons. The van der Waals surface area contributed by atoms with Crippen molar-refractivity contribution in [2.24, 2.45) is 28.9 Å². The Morgan fingerprint density at radius 3 is 2.42 bits per heavy atom. The lowest BCUT2D eigenvalue weighted by Crippen LogP contribution is -2.35. The Hall–Kier alpha value is -0.0400. The van der Waals surface area contributed by atoms with E-state index in [2.05, 4.69) is 13.8 Å². The highest BCUT2D eigenvalue weighted by atomic mass is 14.7. The Kier molecular flexibility index (Phi) is 1.95. The van der Waals surface area contributed by atoms with E-state index in [1.807, 2.05) is 0 Å². The Labute approximate surface area is 75.7 Å². The third-order valence-corrected chi connectivity index (χ3v) is 4.47. The molecule has 0 spiro atoms. The van der Waals surface area contributed by atoms with Gasteiger partial charge in [-0.15, -0.1) is 0 Å². The molecule has 1 nitrogen and oxygen atoms in total. The number of rotatable bonds is 3. The first kappa shape index (κ1) is 8.55. The van der Waals surface area contributed by atoms with E-state index in [1.165, 1.54) is 25.7 Å². The largest absolute Gasteiger partial charge is 0.330 e. The first-order chi connectivity index (χ1) is 5.72. The molecular formula is C11H21N. The maximum Gasteiger partial charge on any atom is -0.00178 e. The average Bonchev–Trinajstić information content (AvgIpc) is 2.72. The van der Waals surface area contributed by atoms with Gasteiger partial charge >= 0.3 is 0 Å². The number of nitrogens with two attached hydrogens (primary N) is 1. The third kappa shape index (κ3) is 1.10. The minimum atomic E-state index is 0.544. The molecule has 0 saturated heterocycles. The quantitative estimate of drug-likeness (QED) is 0.686. The molecule has 0 bridgehead atoms. The summed E-state index contributed by atoms with van der Waals surface area (Å²) < 4.78 is 0. The molecule has 0 aromatic rings. The second-order valence-corrected chi connectivity index (χ2v) is 5.04. The van der Waals surface area contributed by atoms with Crippen LogP contribution in [-0.4, -0.2) is 6.54 Å². The van der Waals surface area contributed by atoms with Gasteiger partial charge in [0.25, 0.3) is 0 Å². The molecule has 12 heavy (non-hydrogen) atoms. The Balaban J connectivity index is 2.05. The molecule has 2 aliphatic carbocycles. The summed E-state index contributed by atoms with van der Waals surface area (Å²) in [5, 5.41) is 0. The third-order valence-electron chi connectivity index (χ3n) is 4.47. The van der Waals surface area contributed by atoms with Gasteiger partial charge in [-0.1, -0.05) is 20.3 Å². The molecule has 0 heterocycles. The highest BCUT2D eigenvalue weighted by molar-refractivity contribution is 5.05. The van der Waals surface area contributed by atoms with E-state index in [0.29, 0.717) is 5.41 Å². The van der Waals surface area contributed by atoms with Crippen LogP contribution in [0.2, 0.25) is 0 Å². The van der Waals surface area contributed by atoms with Crippen molar-refractivity contribution in [2.75, 3.05) is 6.54 Å². The second kappa shape index (κ2) is 2.73. The minimum Gasteiger partial charge on any atom is -0.330 e. The number of hydrogen-bond acceptors (Lipinski definition) is 1. The van der Waals surface area contributed by atoms with Gasteiger partial charge in [-0.2, -0.15) is 0 Å². The van der Waals surface area contributed by atoms with Crippen LogP contribution in [0, 0.1) is 23.2 Å². The van der Waals surface area contributed by atoms with Crippen LogP contribution in [0.3, 0.4) is 0 Å². The summed E-state index contributed by atoms with van der Waals surface area (Å²) in [5.74, 6) is 2.99. The predicted molar refractivity (Wildman–Crippen MR) is 51.8 cm³/mol. The van der Waals surface area contributed by atoms with Gasteiger partial charge in [-0.25, -0.2) is 0 Å². The van der Waals surface area contributed by atoms with Gasteiger partial charge in [0, 0.05) is 0 Å². The van der Waals surface area contributed by atoms with Gasteiger partial charge in [0.15, 0.2) is 0 Å². The normalized spacial score (nSPS) is 47.2. The SMILES string of the molecule is CCC(C)C1(CN)CC2CC2C1. The molecular weight excluding hydrogens is 146 g/mol. The van der Waals surface area contributed by atoms with Gasteiger partial charge in [0.1, 0.15) is 0 Å². The van der Waals surface area contributed by atoms with Crippen LogP contribution < -0.4 is 5.73 Å². The molecule has 3 unspecified atom stereocenters. The summed E-state index contributed by atoms with van der Waals surface area (Å²) in [5.41, 5.74) is 6.47. The molecule has 3 atom stereocenters. The van der Waals surface area contributed by atoms with Crippen molar-refractivity contribution in [1.82, 2.24) is 0 Å². The van der Waals surface area contributed by atoms with Crippen LogP contribution in [0.1, 0.15) is 39.5 Å². The van der Waals surface area contributed by atoms with Crippen LogP contribution in [0.5, 0.6) is 0 Å². The van der Waals surface area contributed by atoms with Crippen molar-refractivity contribution in [3.63, 3.8) is 0 Å². The van der Waals surface area contributed by atoms with Gasteiger partial charge in [-0.05, 0) is 49.0 Å². The molecule has 0 aromatic heterocycles. The summed E-state index contributed by atoms with van der Waals surface area (Å²) in [6.45, 7) is 5.61. The number of hydrogen-bond donors (Lipinski definition) is 1. The highest BCUT2D eigenvalue weighted by Crippen LogP contribution is 2.62. The number of fused-ring (bicyclic) bond motifs is 1. The predicted octanol–water partition coefficient (Wildman–Crippen LogP) is 2.41. The van der Waals surface area contributed by atoms with Crippen LogP contribution >= 0.6 is 0 Å². The molecule has 2 N–H and O–H groups in total. The monoisotopic (exact) mass is 167 g/mol. The lowest BCUT2D eigenvalue weighted by molar-refractivity contribution is 0.165. The van der Waals surface area contributed by atoms with E-state index in [1.54, 1.807) is 0 Å². The molecule has 2 saturated carbocycles. The van der Waals surface area contributed by atoms with Crippen LogP contribution in [0.15, 0.2) is 0 Å². The summed E-state index contributed by atoms with van der Waals surface area (Å²) >= 11 is 0. The zero-order valence-corrected chi connectivity index (χ0v) is 8.34. The molecule has 2 rings (SSSR count). The zero-order valence-electron chi connectivity index (χ0n) is 8.34. The fourth-order valence-corrected chi connectivity index (χ4v) is 3.14. The summed E-state index contributed by atoms with van der Waals surface area (Å²) in [6, 6.07) is 0. The lowest BCUT2D eigenvalue weighted by Gasteiger charge is -2.35. The Morgan fingerprint density at radius 2 is 2.00 bits per heavy atom. The van der Waals surface area contributed by atoms with Gasteiger partial charge in [0.2, 0.25) is 0 Å². The van der Waals surface area contributed by atoms with Crippen molar-refractivity contribution >= 4 is 0 Å². The van der Waals surface area contributed by atoms with E-state index in [-0.39, 0.29) is 0 Å². The lowest BCUT2D eigenvalue weighted by atomic mass is 9.71. The van der Waals surface area contributed by atoms with Crippen molar-refractivity contribution in [2.45, 2.75) is 39.5 Å². The van der Waals surface area contributed by atoms with Gasteiger partial charge in [0.05, 0.1) is 0 Å². The smallest absolute Gasteiger partial charge is 0.00178 e. The van der Waals surface area contributed by atoms with Gasteiger partial charge < -0.3 is 5.73 Å². The first-order valence-electron chi connectivity index (χ1n) is 5.42. The summed E-state index contributed by atoms with van der Waals surface area (Å²) in [4.78, 5) is 0. The van der Waals surface area contributed by atoms with Crippen LogP contribution in [0.25, 0.3) is 0 Å². The maximum atomic E-state index is 5.93. The van der Waals surface area contributed by atoms with Crippen molar-refractivity contribution < 1.29 is 0 Å². The van der Waals surface area contributed by atoms with Crippen molar-refractivity contribution in [1.29, 1.82) is 0 Å². The average molecular weight is 167 g/mol.